The number of rotatable bonds is 6. The van der Waals surface area contributed by atoms with Gasteiger partial charge >= 0.3 is 0 Å². The molecule has 1 N–H and O–H groups in total. The minimum absolute atomic E-state index is 0.213. The number of nitrogens with one attached hydrogen (secondary N) is 1. The van der Waals surface area contributed by atoms with E-state index >= 15 is 0 Å². The average molecular weight is 398 g/mol. The maximum absolute atomic E-state index is 5.45. The molecule has 2 heterocycles. The van der Waals surface area contributed by atoms with Gasteiger partial charge in [-0.25, -0.2) is 4.98 Å². The zero-order chi connectivity index (χ0) is 20.7. The molecule has 5 rings (SSSR count). The molecule has 0 bridgehead atoms. The Bertz CT molecular complexity index is 1210. The molecule has 30 heavy (non-hydrogen) atoms. The fraction of sp³-hybridized carbons (Fsp3) is 0.269. The summed E-state index contributed by atoms with van der Waals surface area (Å²) in [5.74, 6) is 1.61. The molecule has 152 valence electrons. The fourth-order valence-electron chi connectivity index (χ4n) is 4.14. The predicted octanol–water partition coefficient (Wildman–Crippen LogP) is 6.37. The predicted molar refractivity (Wildman–Crippen MR) is 122 cm³/mol. The SMILES string of the molecule is COc1ccc(C(C)Nc2cccc(-c3cn4ccc(C)cc4n3)c2)c(C2CC2)c1. The van der Waals surface area contributed by atoms with Crippen LogP contribution in [0.2, 0.25) is 0 Å². The van der Waals surface area contributed by atoms with Gasteiger partial charge in [-0.1, -0.05) is 18.2 Å². The van der Waals surface area contributed by atoms with Crippen LogP contribution in [0.1, 0.15) is 48.4 Å². The molecule has 1 fully saturated rings. The summed E-state index contributed by atoms with van der Waals surface area (Å²) in [5, 5.41) is 3.70. The highest BCUT2D eigenvalue weighted by Gasteiger charge is 2.28. The summed E-state index contributed by atoms with van der Waals surface area (Å²) in [5.41, 5.74) is 8.17. The van der Waals surface area contributed by atoms with E-state index in [2.05, 4.69) is 90.6 Å². The molecular formula is C26H27N3O. The molecule has 2 aromatic carbocycles. The molecule has 0 spiro atoms. The number of aromatic nitrogens is 2. The highest BCUT2D eigenvalue weighted by Crippen LogP contribution is 2.44. The molecule has 1 aliphatic rings. The van der Waals surface area contributed by atoms with Crippen molar-refractivity contribution in [3.8, 4) is 17.0 Å². The Balaban J connectivity index is 1.42. The number of aryl methyl sites for hydroxylation is 1. The second-order valence-electron chi connectivity index (χ2n) is 8.31. The van der Waals surface area contributed by atoms with Crippen LogP contribution >= 0.6 is 0 Å². The van der Waals surface area contributed by atoms with Crippen molar-refractivity contribution in [3.63, 3.8) is 0 Å². The number of nitrogens with zero attached hydrogens (tertiary/aromatic N) is 2. The largest absolute Gasteiger partial charge is 0.497 e. The van der Waals surface area contributed by atoms with Crippen LogP contribution < -0.4 is 10.1 Å². The summed E-state index contributed by atoms with van der Waals surface area (Å²) in [4.78, 5) is 4.81. The summed E-state index contributed by atoms with van der Waals surface area (Å²) in [6.45, 7) is 4.32. The van der Waals surface area contributed by atoms with Crippen molar-refractivity contribution in [1.82, 2.24) is 9.38 Å². The summed E-state index contributed by atoms with van der Waals surface area (Å²) >= 11 is 0. The Morgan fingerprint density at radius 1 is 1.10 bits per heavy atom. The third-order valence-electron chi connectivity index (χ3n) is 5.93. The zero-order valence-corrected chi connectivity index (χ0v) is 17.7. The van der Waals surface area contributed by atoms with E-state index in [4.69, 9.17) is 9.72 Å². The van der Waals surface area contributed by atoms with E-state index in [0.29, 0.717) is 5.92 Å². The first-order chi connectivity index (χ1) is 14.6. The second kappa shape index (κ2) is 7.52. The highest BCUT2D eigenvalue weighted by molar-refractivity contribution is 5.67. The van der Waals surface area contributed by atoms with Gasteiger partial charge in [0.25, 0.3) is 0 Å². The van der Waals surface area contributed by atoms with Gasteiger partial charge in [0.05, 0.1) is 12.8 Å². The van der Waals surface area contributed by atoms with E-state index in [0.717, 1.165) is 28.3 Å². The van der Waals surface area contributed by atoms with Crippen molar-refractivity contribution in [2.45, 2.75) is 38.6 Å². The molecule has 4 heteroatoms. The van der Waals surface area contributed by atoms with Gasteiger partial charge in [0, 0.05) is 29.7 Å². The monoisotopic (exact) mass is 397 g/mol. The molecule has 4 aromatic rings. The molecule has 0 radical (unpaired) electrons. The second-order valence-corrected chi connectivity index (χ2v) is 8.31. The van der Waals surface area contributed by atoms with Gasteiger partial charge in [-0.3, -0.25) is 0 Å². The lowest BCUT2D eigenvalue weighted by molar-refractivity contribution is 0.414. The summed E-state index contributed by atoms with van der Waals surface area (Å²) in [6.07, 6.45) is 6.70. The van der Waals surface area contributed by atoms with Crippen LogP contribution in [0.5, 0.6) is 5.75 Å². The van der Waals surface area contributed by atoms with Crippen LogP contribution in [0.4, 0.5) is 5.69 Å². The maximum atomic E-state index is 5.45. The molecule has 1 unspecified atom stereocenters. The van der Waals surface area contributed by atoms with E-state index in [9.17, 15) is 0 Å². The Labute approximate surface area is 177 Å². The third kappa shape index (κ3) is 3.65. The lowest BCUT2D eigenvalue weighted by Gasteiger charge is -2.20. The van der Waals surface area contributed by atoms with Gasteiger partial charge in [0.2, 0.25) is 0 Å². The number of benzene rings is 2. The van der Waals surface area contributed by atoms with Gasteiger partial charge < -0.3 is 14.5 Å². The minimum Gasteiger partial charge on any atom is -0.497 e. The van der Waals surface area contributed by atoms with E-state index in [1.54, 1.807) is 7.11 Å². The van der Waals surface area contributed by atoms with Crippen molar-refractivity contribution in [1.29, 1.82) is 0 Å². The summed E-state index contributed by atoms with van der Waals surface area (Å²) in [7, 11) is 1.74. The number of methoxy groups -OCH3 is 1. The fourth-order valence-corrected chi connectivity index (χ4v) is 4.14. The molecule has 4 nitrogen and oxygen atoms in total. The summed E-state index contributed by atoms with van der Waals surface area (Å²) < 4.78 is 7.53. The number of hydrogen-bond acceptors (Lipinski definition) is 3. The van der Waals surface area contributed by atoms with Gasteiger partial charge in [-0.2, -0.15) is 0 Å². The standard InChI is InChI=1S/C26H27N3O/c1-17-11-12-29-16-25(28-26(29)13-17)20-5-4-6-21(14-20)27-18(2)23-10-9-22(30-3)15-24(23)19-7-8-19/h4-6,9-16,18-19,27H,7-8H2,1-3H3. The Morgan fingerprint density at radius 3 is 2.77 bits per heavy atom. The van der Waals surface area contributed by atoms with Gasteiger partial charge in [-0.15, -0.1) is 0 Å². The van der Waals surface area contributed by atoms with E-state index < -0.39 is 0 Å². The quantitative estimate of drug-likeness (QED) is 0.411. The van der Waals surface area contributed by atoms with Crippen LogP contribution in [0, 0.1) is 6.92 Å². The van der Waals surface area contributed by atoms with Crippen LogP contribution in [0.15, 0.2) is 67.0 Å². The maximum Gasteiger partial charge on any atom is 0.137 e. The van der Waals surface area contributed by atoms with Crippen LogP contribution in [0.25, 0.3) is 16.9 Å². The topological polar surface area (TPSA) is 38.6 Å². The van der Waals surface area contributed by atoms with Crippen LogP contribution in [0.3, 0.4) is 0 Å². The molecule has 0 saturated heterocycles. The zero-order valence-electron chi connectivity index (χ0n) is 17.7. The number of anilines is 1. The van der Waals surface area contributed by atoms with Crippen molar-refractivity contribution >= 4 is 11.3 Å². The smallest absolute Gasteiger partial charge is 0.137 e. The van der Waals surface area contributed by atoms with Crippen molar-refractivity contribution in [2.75, 3.05) is 12.4 Å². The molecule has 2 aromatic heterocycles. The highest BCUT2D eigenvalue weighted by atomic mass is 16.5. The number of imidazole rings is 1. The van der Waals surface area contributed by atoms with Crippen LogP contribution in [-0.2, 0) is 0 Å². The number of hydrogen-bond donors (Lipinski definition) is 1. The minimum atomic E-state index is 0.213. The van der Waals surface area contributed by atoms with E-state index in [1.165, 1.54) is 29.5 Å². The van der Waals surface area contributed by atoms with E-state index in [-0.39, 0.29) is 6.04 Å². The first-order valence-corrected chi connectivity index (χ1v) is 10.6. The van der Waals surface area contributed by atoms with Crippen molar-refractivity contribution in [3.05, 3.63) is 83.7 Å². The molecule has 1 saturated carbocycles. The lowest BCUT2D eigenvalue weighted by Crippen LogP contribution is -2.09. The third-order valence-corrected chi connectivity index (χ3v) is 5.93. The van der Waals surface area contributed by atoms with Gasteiger partial charge in [0.15, 0.2) is 0 Å². The first kappa shape index (κ1) is 18.7. The number of fused-ring (bicyclic) bond motifs is 1. The molecule has 1 atom stereocenters. The molecule has 0 amide bonds. The molecule has 0 aliphatic heterocycles. The summed E-state index contributed by atoms with van der Waals surface area (Å²) in [6, 6.07) is 19.4. The molecular weight excluding hydrogens is 370 g/mol. The lowest BCUT2D eigenvalue weighted by atomic mass is 9.97. The number of pyridine rings is 1. The van der Waals surface area contributed by atoms with Crippen molar-refractivity contribution < 1.29 is 4.74 Å². The Morgan fingerprint density at radius 2 is 1.97 bits per heavy atom. The average Bonchev–Trinajstić information content (AvgIpc) is 3.52. The van der Waals surface area contributed by atoms with Gasteiger partial charge in [0.1, 0.15) is 11.4 Å². The van der Waals surface area contributed by atoms with E-state index in [1.807, 2.05) is 0 Å². The Kier molecular flexibility index (Phi) is 4.70. The van der Waals surface area contributed by atoms with Crippen LogP contribution in [-0.4, -0.2) is 16.5 Å². The van der Waals surface area contributed by atoms with Crippen molar-refractivity contribution in [2.24, 2.45) is 0 Å². The normalized spacial score (nSPS) is 14.6. The molecule has 1 aliphatic carbocycles. The first-order valence-electron chi connectivity index (χ1n) is 10.6. The Hall–Kier alpha value is -3.27. The number of ether oxygens (including phenoxy) is 1. The van der Waals surface area contributed by atoms with Gasteiger partial charge in [-0.05, 0) is 85.7 Å².